The van der Waals surface area contributed by atoms with E-state index >= 15 is 0 Å². The van der Waals surface area contributed by atoms with Crippen LogP contribution in [0.25, 0.3) is 22.4 Å². The van der Waals surface area contributed by atoms with Crippen LogP contribution in [0.4, 0.5) is 0 Å². The lowest BCUT2D eigenvalue weighted by molar-refractivity contribution is 1.14. The first-order valence-electron chi connectivity index (χ1n) is 5.03. The van der Waals surface area contributed by atoms with Gasteiger partial charge in [-0.2, -0.15) is 0 Å². The molecule has 2 heterocycles. The predicted octanol–water partition coefficient (Wildman–Crippen LogP) is 2.74. The van der Waals surface area contributed by atoms with Gasteiger partial charge in [0.2, 0.25) is 0 Å². The van der Waals surface area contributed by atoms with Crippen molar-refractivity contribution < 1.29 is 0 Å². The average Bonchev–Trinajstić information content (AvgIpc) is 2.40. The van der Waals surface area contributed by atoms with Crippen LogP contribution in [-0.2, 0) is 0 Å². The summed E-state index contributed by atoms with van der Waals surface area (Å²) >= 11 is 6.08. The van der Waals surface area contributed by atoms with Crippen molar-refractivity contribution in [2.45, 2.75) is 0 Å². The van der Waals surface area contributed by atoms with Crippen LogP contribution in [0.15, 0.2) is 42.9 Å². The Labute approximate surface area is 102 Å². The van der Waals surface area contributed by atoms with Gasteiger partial charge in [0.1, 0.15) is 11.5 Å². The lowest BCUT2D eigenvalue weighted by Crippen LogP contribution is -1.94. The first-order valence-corrected chi connectivity index (χ1v) is 5.41. The highest BCUT2D eigenvalue weighted by atomic mass is 35.5. The molecule has 0 radical (unpaired) electrons. The summed E-state index contributed by atoms with van der Waals surface area (Å²) < 4.78 is 0. The highest BCUT2D eigenvalue weighted by molar-refractivity contribution is 6.33. The van der Waals surface area contributed by atoms with E-state index in [1.807, 2.05) is 30.3 Å². The first kappa shape index (κ1) is 10.1. The molecule has 0 aliphatic rings. The van der Waals surface area contributed by atoms with Crippen LogP contribution in [0.1, 0.15) is 0 Å². The van der Waals surface area contributed by atoms with Gasteiger partial charge in [0, 0.05) is 11.8 Å². The highest BCUT2D eigenvalue weighted by Crippen LogP contribution is 2.22. The molecule has 0 bridgehead atoms. The Balaban J connectivity index is 2.26. The summed E-state index contributed by atoms with van der Waals surface area (Å²) in [4.78, 5) is 16.6. The number of nitrogens with zero attached hydrogens (tertiary/aromatic N) is 4. The molecular weight excluding hydrogens is 236 g/mol. The van der Waals surface area contributed by atoms with E-state index in [-0.39, 0.29) is 0 Å². The van der Waals surface area contributed by atoms with Gasteiger partial charge in [-0.1, -0.05) is 41.9 Å². The molecular formula is C12H7ClN4. The lowest BCUT2D eigenvalue weighted by atomic mass is 10.2. The average molecular weight is 243 g/mol. The van der Waals surface area contributed by atoms with Crippen molar-refractivity contribution in [2.75, 3.05) is 0 Å². The number of benzene rings is 1. The van der Waals surface area contributed by atoms with E-state index in [4.69, 9.17) is 11.6 Å². The monoisotopic (exact) mass is 242 g/mol. The smallest absolute Gasteiger partial charge is 0.168 e. The Morgan fingerprint density at radius 1 is 1.00 bits per heavy atom. The number of hydrogen-bond acceptors (Lipinski definition) is 4. The summed E-state index contributed by atoms with van der Waals surface area (Å²) in [5.74, 6) is 0.571. The molecule has 0 saturated heterocycles. The number of aromatic nitrogens is 4. The fourth-order valence-electron chi connectivity index (χ4n) is 1.55. The third-order valence-electron chi connectivity index (χ3n) is 2.36. The summed E-state index contributed by atoms with van der Waals surface area (Å²) in [6, 6.07) is 9.65. The van der Waals surface area contributed by atoms with Crippen LogP contribution in [0, 0.1) is 0 Å². The molecule has 0 N–H and O–H groups in total. The van der Waals surface area contributed by atoms with Gasteiger partial charge in [-0.3, -0.25) is 0 Å². The molecule has 1 aromatic carbocycles. The fourth-order valence-corrected chi connectivity index (χ4v) is 1.77. The van der Waals surface area contributed by atoms with Crippen molar-refractivity contribution in [2.24, 2.45) is 0 Å². The Morgan fingerprint density at radius 2 is 1.82 bits per heavy atom. The maximum atomic E-state index is 6.08. The van der Waals surface area contributed by atoms with Gasteiger partial charge in [-0.15, -0.1) is 0 Å². The highest BCUT2D eigenvalue weighted by Gasteiger charge is 2.08. The Kier molecular flexibility index (Phi) is 2.42. The van der Waals surface area contributed by atoms with E-state index < -0.39 is 0 Å². The van der Waals surface area contributed by atoms with Crippen molar-refractivity contribution >= 4 is 22.6 Å². The summed E-state index contributed by atoms with van der Waals surface area (Å²) in [6.45, 7) is 0. The van der Waals surface area contributed by atoms with Crippen molar-refractivity contribution in [1.29, 1.82) is 0 Å². The molecule has 0 amide bonds. The summed E-state index contributed by atoms with van der Waals surface area (Å²) in [5, 5.41) is 1.03. The van der Waals surface area contributed by atoms with Crippen molar-refractivity contribution in [1.82, 2.24) is 19.9 Å². The van der Waals surface area contributed by atoms with Gasteiger partial charge in [0.25, 0.3) is 0 Å². The third kappa shape index (κ3) is 1.83. The zero-order valence-electron chi connectivity index (χ0n) is 8.71. The van der Waals surface area contributed by atoms with Gasteiger partial charge >= 0.3 is 0 Å². The zero-order valence-corrected chi connectivity index (χ0v) is 9.46. The number of rotatable bonds is 1. The SMILES string of the molecule is Clc1nc(-c2ccccc2)nc2ncncc12. The molecule has 0 atom stereocenters. The molecule has 0 aliphatic heterocycles. The maximum absolute atomic E-state index is 6.08. The molecule has 3 rings (SSSR count). The van der Waals surface area contributed by atoms with Crippen LogP contribution in [0.5, 0.6) is 0 Å². The number of halogens is 1. The summed E-state index contributed by atoms with van der Waals surface area (Å²) in [5.41, 5.74) is 1.47. The second kappa shape index (κ2) is 4.07. The van der Waals surface area contributed by atoms with Crippen molar-refractivity contribution in [3.63, 3.8) is 0 Å². The largest absolute Gasteiger partial charge is 0.244 e. The van der Waals surface area contributed by atoms with E-state index in [0.717, 1.165) is 5.56 Å². The van der Waals surface area contributed by atoms with E-state index in [1.54, 1.807) is 6.20 Å². The molecule has 0 saturated carbocycles. The summed E-state index contributed by atoms with van der Waals surface area (Å²) in [7, 11) is 0. The molecule has 0 fully saturated rings. The molecule has 3 aromatic rings. The van der Waals surface area contributed by atoms with E-state index in [1.165, 1.54) is 6.33 Å². The van der Waals surface area contributed by atoms with E-state index in [0.29, 0.717) is 22.0 Å². The van der Waals surface area contributed by atoms with Crippen LogP contribution in [0.2, 0.25) is 5.15 Å². The van der Waals surface area contributed by atoms with E-state index in [9.17, 15) is 0 Å². The van der Waals surface area contributed by atoms with E-state index in [2.05, 4.69) is 19.9 Å². The molecule has 0 spiro atoms. The standard InChI is InChI=1S/C12H7ClN4/c13-10-9-6-14-7-15-12(9)17-11(16-10)8-4-2-1-3-5-8/h1-7H. The zero-order chi connectivity index (χ0) is 11.7. The molecule has 2 aromatic heterocycles. The second-order valence-corrected chi connectivity index (χ2v) is 3.82. The van der Waals surface area contributed by atoms with Gasteiger partial charge in [-0.05, 0) is 0 Å². The number of hydrogen-bond donors (Lipinski definition) is 0. The van der Waals surface area contributed by atoms with Crippen molar-refractivity contribution in [3.8, 4) is 11.4 Å². The molecule has 0 aliphatic carbocycles. The fraction of sp³-hybridized carbons (Fsp3) is 0. The van der Waals surface area contributed by atoms with Crippen LogP contribution >= 0.6 is 11.6 Å². The minimum atomic E-state index is 0.370. The Morgan fingerprint density at radius 3 is 2.65 bits per heavy atom. The van der Waals surface area contributed by atoms with Gasteiger partial charge < -0.3 is 0 Å². The van der Waals surface area contributed by atoms with Crippen LogP contribution < -0.4 is 0 Å². The Hall–Kier alpha value is -2.07. The molecule has 4 nitrogen and oxygen atoms in total. The molecule has 0 unspecified atom stereocenters. The molecule has 82 valence electrons. The third-order valence-corrected chi connectivity index (χ3v) is 2.65. The maximum Gasteiger partial charge on any atom is 0.168 e. The van der Waals surface area contributed by atoms with Crippen LogP contribution in [0.3, 0.4) is 0 Å². The van der Waals surface area contributed by atoms with Crippen LogP contribution in [-0.4, -0.2) is 19.9 Å². The van der Waals surface area contributed by atoms with Gasteiger partial charge in [0.05, 0.1) is 5.39 Å². The van der Waals surface area contributed by atoms with Gasteiger partial charge in [0.15, 0.2) is 11.5 Å². The minimum absolute atomic E-state index is 0.370. The minimum Gasteiger partial charge on any atom is -0.244 e. The molecule has 5 heteroatoms. The first-order chi connectivity index (χ1) is 8.34. The number of fused-ring (bicyclic) bond motifs is 1. The normalized spacial score (nSPS) is 10.6. The lowest BCUT2D eigenvalue weighted by Gasteiger charge is -2.02. The van der Waals surface area contributed by atoms with Gasteiger partial charge in [-0.25, -0.2) is 19.9 Å². The van der Waals surface area contributed by atoms with Crippen molar-refractivity contribution in [3.05, 3.63) is 48.0 Å². The molecule has 17 heavy (non-hydrogen) atoms. The second-order valence-electron chi connectivity index (χ2n) is 3.46. The topological polar surface area (TPSA) is 51.6 Å². The quantitative estimate of drug-likeness (QED) is 0.616. The summed E-state index contributed by atoms with van der Waals surface area (Å²) in [6.07, 6.45) is 3.06. The predicted molar refractivity (Wildman–Crippen MR) is 65.6 cm³/mol. The Bertz CT molecular complexity index is 670.